The van der Waals surface area contributed by atoms with Crippen LogP contribution in [-0.2, 0) is 11.3 Å². The number of hydrogen-bond donors (Lipinski definition) is 2. The number of aromatic nitrogens is 4. The second-order valence-corrected chi connectivity index (χ2v) is 10.0. The smallest absolute Gasteiger partial charge is 0.338 e. The maximum Gasteiger partial charge on any atom is 0.338 e. The van der Waals surface area contributed by atoms with Gasteiger partial charge in [0.15, 0.2) is 0 Å². The van der Waals surface area contributed by atoms with Crippen molar-refractivity contribution in [2.24, 2.45) is 5.92 Å². The zero-order valence-electron chi connectivity index (χ0n) is 23.9. The lowest BCUT2D eigenvalue weighted by Crippen LogP contribution is -2.13. The maximum atomic E-state index is 13.0. The van der Waals surface area contributed by atoms with E-state index in [9.17, 15) is 9.59 Å². The van der Waals surface area contributed by atoms with Crippen LogP contribution in [0.1, 0.15) is 41.5 Å². The number of hydrogen-bond acceptors (Lipinski definition) is 8. The molecule has 0 atom stereocenters. The normalized spacial score (nSPS) is 11.0. The van der Waals surface area contributed by atoms with Crippen molar-refractivity contribution < 1.29 is 19.1 Å². The van der Waals surface area contributed by atoms with Gasteiger partial charge in [0.25, 0.3) is 5.91 Å². The first-order valence-corrected chi connectivity index (χ1v) is 13.7. The van der Waals surface area contributed by atoms with Crippen LogP contribution in [-0.4, -0.2) is 45.3 Å². The van der Waals surface area contributed by atoms with E-state index in [-0.39, 0.29) is 12.5 Å². The van der Waals surface area contributed by atoms with Crippen molar-refractivity contribution in [2.75, 3.05) is 24.4 Å². The lowest BCUT2D eigenvalue weighted by atomic mass is 10.1. The van der Waals surface area contributed by atoms with E-state index in [0.717, 1.165) is 28.7 Å². The molecule has 5 aromatic rings. The standard InChI is InChI=1S/C32H32N6O4/c1-5-42-31(40)22-11-9-21(10-12-22)30(39)36-26-17-24(13-14-28(26)41-4)35-32-33-18-23-7-6-8-25(29(23)37-32)27-15-16-34-38(27)19-20(2)3/h6-18,20H,5,19H2,1-4H3,(H,36,39)(H,33,35,37). The minimum Gasteiger partial charge on any atom is -0.495 e. The summed E-state index contributed by atoms with van der Waals surface area (Å²) in [4.78, 5) is 34.3. The molecular formula is C32H32N6O4. The molecule has 2 heterocycles. The van der Waals surface area contributed by atoms with E-state index in [1.54, 1.807) is 55.7 Å². The number of para-hydroxylation sites is 1. The predicted molar refractivity (Wildman–Crippen MR) is 162 cm³/mol. The second kappa shape index (κ2) is 12.5. The summed E-state index contributed by atoms with van der Waals surface area (Å²) in [6.07, 6.45) is 3.59. The Morgan fingerprint density at radius 1 is 1.00 bits per heavy atom. The number of nitrogens with zero attached hydrogens (tertiary/aromatic N) is 4. The molecule has 0 unspecified atom stereocenters. The molecule has 0 aliphatic heterocycles. The number of anilines is 3. The van der Waals surface area contributed by atoms with Crippen LogP contribution < -0.4 is 15.4 Å². The van der Waals surface area contributed by atoms with Gasteiger partial charge in [-0.2, -0.15) is 5.10 Å². The molecular weight excluding hydrogens is 532 g/mol. The highest BCUT2D eigenvalue weighted by Crippen LogP contribution is 2.31. The van der Waals surface area contributed by atoms with E-state index < -0.39 is 5.97 Å². The summed E-state index contributed by atoms with van der Waals surface area (Å²) in [6, 6.07) is 19.6. The molecule has 0 saturated heterocycles. The molecule has 0 spiro atoms. The Morgan fingerprint density at radius 2 is 1.79 bits per heavy atom. The average Bonchev–Trinajstić information content (AvgIpc) is 3.44. The van der Waals surface area contributed by atoms with E-state index in [2.05, 4.69) is 34.6 Å². The third-order valence-electron chi connectivity index (χ3n) is 6.50. The van der Waals surface area contributed by atoms with Crippen molar-refractivity contribution >= 4 is 40.1 Å². The van der Waals surface area contributed by atoms with Crippen LogP contribution in [0.25, 0.3) is 22.2 Å². The first-order valence-electron chi connectivity index (χ1n) is 13.7. The summed E-state index contributed by atoms with van der Waals surface area (Å²) in [7, 11) is 1.53. The van der Waals surface area contributed by atoms with E-state index in [4.69, 9.17) is 14.5 Å². The zero-order valence-corrected chi connectivity index (χ0v) is 23.9. The van der Waals surface area contributed by atoms with Gasteiger partial charge in [0.2, 0.25) is 5.95 Å². The van der Waals surface area contributed by atoms with Crippen LogP contribution in [0, 0.1) is 5.92 Å². The van der Waals surface area contributed by atoms with E-state index in [0.29, 0.717) is 40.1 Å². The molecule has 1 amide bonds. The highest BCUT2D eigenvalue weighted by molar-refractivity contribution is 6.06. The third-order valence-corrected chi connectivity index (χ3v) is 6.50. The molecule has 2 N–H and O–H groups in total. The molecule has 0 bridgehead atoms. The predicted octanol–water partition coefficient (Wildman–Crippen LogP) is 6.33. The molecule has 42 heavy (non-hydrogen) atoms. The van der Waals surface area contributed by atoms with Crippen LogP contribution in [0.3, 0.4) is 0 Å². The Morgan fingerprint density at radius 3 is 2.52 bits per heavy atom. The van der Waals surface area contributed by atoms with Crippen LogP contribution in [0.2, 0.25) is 0 Å². The minimum atomic E-state index is -0.436. The van der Waals surface area contributed by atoms with Gasteiger partial charge >= 0.3 is 5.97 Å². The summed E-state index contributed by atoms with van der Waals surface area (Å²) in [5.41, 5.74) is 4.63. The molecule has 2 aromatic heterocycles. The lowest BCUT2D eigenvalue weighted by molar-refractivity contribution is 0.0526. The van der Waals surface area contributed by atoms with Gasteiger partial charge in [-0.15, -0.1) is 0 Å². The van der Waals surface area contributed by atoms with Crippen molar-refractivity contribution in [3.05, 3.63) is 90.3 Å². The molecule has 0 fully saturated rings. The molecule has 10 heteroatoms. The second-order valence-electron chi connectivity index (χ2n) is 10.0. The summed E-state index contributed by atoms with van der Waals surface area (Å²) < 4.78 is 12.5. The number of carbonyl (C=O) groups is 2. The number of amides is 1. The number of rotatable bonds is 10. The van der Waals surface area contributed by atoms with Crippen molar-refractivity contribution in [2.45, 2.75) is 27.3 Å². The molecule has 10 nitrogen and oxygen atoms in total. The summed E-state index contributed by atoms with van der Waals surface area (Å²) in [5, 5.41) is 11.6. The monoisotopic (exact) mass is 564 g/mol. The van der Waals surface area contributed by atoms with E-state index >= 15 is 0 Å². The molecule has 214 valence electrons. The fourth-order valence-electron chi connectivity index (χ4n) is 4.55. The molecule has 0 aliphatic rings. The van der Waals surface area contributed by atoms with Crippen LogP contribution in [0.15, 0.2) is 79.1 Å². The Hall–Kier alpha value is -5.25. The number of nitrogens with one attached hydrogen (secondary N) is 2. The van der Waals surface area contributed by atoms with Gasteiger partial charge in [0, 0.05) is 41.1 Å². The van der Waals surface area contributed by atoms with Gasteiger partial charge in [-0.3, -0.25) is 9.48 Å². The Kier molecular flexibility index (Phi) is 8.42. The number of ether oxygens (including phenoxy) is 2. The van der Waals surface area contributed by atoms with Gasteiger partial charge < -0.3 is 20.1 Å². The SMILES string of the molecule is CCOC(=O)c1ccc(C(=O)Nc2cc(Nc3ncc4cccc(-c5ccnn5CC(C)C)c4n3)ccc2OC)cc1. The largest absolute Gasteiger partial charge is 0.495 e. The van der Waals surface area contributed by atoms with Gasteiger partial charge in [-0.1, -0.05) is 32.0 Å². The number of carbonyl (C=O) groups excluding carboxylic acids is 2. The van der Waals surface area contributed by atoms with Crippen molar-refractivity contribution in [3.8, 4) is 17.0 Å². The number of esters is 1. The van der Waals surface area contributed by atoms with Gasteiger partial charge in [0.1, 0.15) is 5.75 Å². The molecule has 0 aliphatic carbocycles. The van der Waals surface area contributed by atoms with Crippen LogP contribution in [0.4, 0.5) is 17.3 Å². The molecule has 0 radical (unpaired) electrons. The van der Waals surface area contributed by atoms with Gasteiger partial charge in [-0.25, -0.2) is 14.8 Å². The van der Waals surface area contributed by atoms with Crippen LogP contribution in [0.5, 0.6) is 5.75 Å². The van der Waals surface area contributed by atoms with Crippen molar-refractivity contribution in [3.63, 3.8) is 0 Å². The van der Waals surface area contributed by atoms with Crippen LogP contribution >= 0.6 is 0 Å². The average molecular weight is 565 g/mol. The highest BCUT2D eigenvalue weighted by Gasteiger charge is 2.15. The first-order chi connectivity index (χ1) is 20.4. The number of benzene rings is 3. The molecule has 5 rings (SSSR count). The lowest BCUT2D eigenvalue weighted by Gasteiger charge is -2.14. The molecule has 3 aromatic carbocycles. The fraction of sp³-hybridized carbons (Fsp3) is 0.219. The fourth-order valence-corrected chi connectivity index (χ4v) is 4.55. The summed E-state index contributed by atoms with van der Waals surface area (Å²) in [5.74, 6) is 0.540. The minimum absolute atomic E-state index is 0.278. The van der Waals surface area contributed by atoms with E-state index in [1.807, 2.05) is 35.0 Å². The van der Waals surface area contributed by atoms with Crippen molar-refractivity contribution in [1.29, 1.82) is 0 Å². The van der Waals surface area contributed by atoms with E-state index in [1.165, 1.54) is 7.11 Å². The number of fused-ring (bicyclic) bond motifs is 1. The zero-order chi connectivity index (χ0) is 29.6. The summed E-state index contributed by atoms with van der Waals surface area (Å²) >= 11 is 0. The quantitative estimate of drug-likeness (QED) is 0.189. The Labute approximate surface area is 243 Å². The van der Waals surface area contributed by atoms with Gasteiger partial charge in [-0.05, 0) is 61.4 Å². The highest BCUT2D eigenvalue weighted by atomic mass is 16.5. The Bertz CT molecular complexity index is 1730. The number of methoxy groups -OCH3 is 1. The Balaban J connectivity index is 1.39. The first kappa shape index (κ1) is 28.3. The maximum absolute atomic E-state index is 13.0. The van der Waals surface area contributed by atoms with Crippen molar-refractivity contribution in [1.82, 2.24) is 19.7 Å². The summed E-state index contributed by atoms with van der Waals surface area (Å²) in [6.45, 7) is 7.13. The third kappa shape index (κ3) is 6.22. The topological polar surface area (TPSA) is 120 Å². The van der Waals surface area contributed by atoms with Gasteiger partial charge in [0.05, 0.1) is 36.2 Å². The molecule has 0 saturated carbocycles.